The van der Waals surface area contributed by atoms with Crippen molar-refractivity contribution < 1.29 is 18.3 Å². The molecule has 0 spiro atoms. The fourth-order valence-corrected chi connectivity index (χ4v) is 5.17. The van der Waals surface area contributed by atoms with Crippen LogP contribution in [0, 0.1) is 17.3 Å². The molecule has 1 aliphatic heterocycles. The summed E-state index contributed by atoms with van der Waals surface area (Å²) in [6.45, 7) is 5.23. The highest BCUT2D eigenvalue weighted by Crippen LogP contribution is 2.47. The summed E-state index contributed by atoms with van der Waals surface area (Å²) in [6.07, 6.45) is 4.78. The van der Waals surface area contributed by atoms with Crippen LogP contribution in [0.3, 0.4) is 0 Å². The van der Waals surface area contributed by atoms with Gasteiger partial charge in [0.05, 0.1) is 5.75 Å². The summed E-state index contributed by atoms with van der Waals surface area (Å²) in [5, 5.41) is 8.86. The Labute approximate surface area is 127 Å². The average Bonchev–Trinajstić information content (AvgIpc) is 3.21. The van der Waals surface area contributed by atoms with Gasteiger partial charge in [0, 0.05) is 19.5 Å². The van der Waals surface area contributed by atoms with Gasteiger partial charge in [-0.15, -0.1) is 0 Å². The molecule has 2 rings (SSSR count). The highest BCUT2D eigenvalue weighted by Gasteiger charge is 2.39. The van der Waals surface area contributed by atoms with E-state index in [-0.39, 0.29) is 23.5 Å². The van der Waals surface area contributed by atoms with E-state index in [1.165, 1.54) is 17.1 Å². The van der Waals surface area contributed by atoms with Crippen molar-refractivity contribution in [1.82, 2.24) is 4.31 Å². The molecule has 0 amide bonds. The van der Waals surface area contributed by atoms with Gasteiger partial charge in [0.15, 0.2) is 0 Å². The number of piperidine rings is 1. The maximum atomic E-state index is 12.5. The molecule has 1 aliphatic carbocycles. The Balaban J connectivity index is 1.90. The number of hydrogen-bond donors (Lipinski definition) is 1. The molecular weight excluding hydrogens is 290 g/mol. The van der Waals surface area contributed by atoms with Crippen molar-refractivity contribution in [2.24, 2.45) is 17.3 Å². The van der Waals surface area contributed by atoms with Gasteiger partial charge >= 0.3 is 5.97 Å². The van der Waals surface area contributed by atoms with Crippen LogP contribution < -0.4 is 0 Å². The van der Waals surface area contributed by atoms with Gasteiger partial charge < -0.3 is 5.11 Å². The van der Waals surface area contributed by atoms with Crippen molar-refractivity contribution in [1.29, 1.82) is 0 Å². The van der Waals surface area contributed by atoms with Crippen LogP contribution in [0.4, 0.5) is 0 Å². The lowest BCUT2D eigenvalue weighted by Gasteiger charge is -2.32. The predicted molar refractivity (Wildman–Crippen MR) is 81.5 cm³/mol. The number of nitrogens with zero attached hydrogens (tertiary/aromatic N) is 1. The Morgan fingerprint density at radius 3 is 2.52 bits per heavy atom. The van der Waals surface area contributed by atoms with Crippen molar-refractivity contribution in [2.45, 2.75) is 52.4 Å². The van der Waals surface area contributed by atoms with Crippen LogP contribution in [-0.4, -0.2) is 42.6 Å². The molecule has 0 radical (unpaired) electrons. The minimum absolute atomic E-state index is 0.0394. The Hall–Kier alpha value is -0.620. The minimum Gasteiger partial charge on any atom is -0.481 e. The summed E-state index contributed by atoms with van der Waals surface area (Å²) < 4.78 is 26.5. The third-order valence-corrected chi connectivity index (χ3v) is 6.86. The van der Waals surface area contributed by atoms with Crippen LogP contribution in [0.5, 0.6) is 0 Å². The molecule has 0 bridgehead atoms. The molecule has 2 aliphatic rings. The van der Waals surface area contributed by atoms with Gasteiger partial charge in [0.2, 0.25) is 10.0 Å². The first-order valence-corrected chi connectivity index (χ1v) is 9.51. The fourth-order valence-electron chi connectivity index (χ4n) is 3.28. The van der Waals surface area contributed by atoms with E-state index in [4.69, 9.17) is 5.11 Å². The third kappa shape index (κ3) is 4.68. The molecular formula is C15H27NO4S. The maximum absolute atomic E-state index is 12.5. The standard InChI is InChI=1S/C15H27NO4S/c1-15(2,13-5-6-13)7-9-21(19,20)16-8-3-4-12(11-16)10-14(17)18/h12-13H,3-11H2,1-2H3,(H,17,18). The zero-order valence-corrected chi connectivity index (χ0v) is 13.9. The zero-order valence-electron chi connectivity index (χ0n) is 13.0. The summed E-state index contributed by atoms with van der Waals surface area (Å²) in [5.41, 5.74) is 0.101. The van der Waals surface area contributed by atoms with Crippen molar-refractivity contribution in [3.8, 4) is 0 Å². The van der Waals surface area contributed by atoms with Crippen LogP contribution >= 0.6 is 0 Å². The number of sulfonamides is 1. The van der Waals surface area contributed by atoms with Gasteiger partial charge in [0.25, 0.3) is 0 Å². The molecule has 6 heteroatoms. The van der Waals surface area contributed by atoms with Crippen molar-refractivity contribution in [3.05, 3.63) is 0 Å². The van der Waals surface area contributed by atoms with Crippen molar-refractivity contribution in [2.75, 3.05) is 18.8 Å². The Morgan fingerprint density at radius 1 is 1.29 bits per heavy atom. The van der Waals surface area contributed by atoms with Gasteiger partial charge in [-0.2, -0.15) is 0 Å². The zero-order chi connectivity index (χ0) is 15.7. The van der Waals surface area contributed by atoms with Gasteiger partial charge in [-0.05, 0) is 49.4 Å². The second kappa shape index (κ2) is 6.24. The number of rotatable bonds is 7. The predicted octanol–water partition coefficient (Wildman–Crippen LogP) is 2.33. The van der Waals surface area contributed by atoms with Crippen molar-refractivity contribution >= 4 is 16.0 Å². The summed E-state index contributed by atoms with van der Waals surface area (Å²) in [7, 11) is -3.25. The molecule has 122 valence electrons. The quantitative estimate of drug-likeness (QED) is 0.782. The van der Waals surface area contributed by atoms with E-state index in [1.807, 2.05) is 0 Å². The third-order valence-electron chi connectivity index (χ3n) is 5.03. The lowest BCUT2D eigenvalue weighted by Crippen LogP contribution is -2.42. The molecule has 5 nitrogen and oxygen atoms in total. The van der Waals surface area contributed by atoms with E-state index in [9.17, 15) is 13.2 Å². The molecule has 2 fully saturated rings. The first-order valence-electron chi connectivity index (χ1n) is 7.90. The largest absolute Gasteiger partial charge is 0.481 e. The lowest BCUT2D eigenvalue weighted by molar-refractivity contribution is -0.138. The fraction of sp³-hybridized carbons (Fsp3) is 0.933. The summed E-state index contributed by atoms with van der Waals surface area (Å²) in [4.78, 5) is 10.8. The van der Waals surface area contributed by atoms with E-state index in [0.29, 0.717) is 25.4 Å². The van der Waals surface area contributed by atoms with Crippen LogP contribution in [-0.2, 0) is 14.8 Å². The van der Waals surface area contributed by atoms with Crippen LogP contribution in [0.25, 0.3) is 0 Å². The first kappa shape index (κ1) is 16.7. The number of carboxylic acid groups (broad SMARTS) is 1. The van der Waals surface area contributed by atoms with Gasteiger partial charge in [0.1, 0.15) is 0 Å². The normalized spacial score (nSPS) is 25.0. The molecule has 0 aromatic heterocycles. The SMILES string of the molecule is CC(C)(CCS(=O)(=O)N1CCCC(CC(=O)O)C1)C1CC1. The van der Waals surface area contributed by atoms with Crippen LogP contribution in [0.15, 0.2) is 0 Å². The van der Waals surface area contributed by atoms with Gasteiger partial charge in [-0.25, -0.2) is 12.7 Å². The van der Waals surface area contributed by atoms with Crippen LogP contribution in [0.2, 0.25) is 0 Å². The second-order valence-electron chi connectivity index (χ2n) is 7.29. The Kier molecular flexibility index (Phi) is 4.98. The molecule has 21 heavy (non-hydrogen) atoms. The molecule has 1 saturated carbocycles. The minimum atomic E-state index is -3.25. The molecule has 1 saturated heterocycles. The summed E-state index contributed by atoms with van der Waals surface area (Å²) in [5.74, 6) is -0.0126. The van der Waals surface area contributed by atoms with Crippen LogP contribution in [0.1, 0.15) is 52.4 Å². The van der Waals surface area contributed by atoms with Gasteiger partial charge in [-0.3, -0.25) is 4.79 Å². The second-order valence-corrected chi connectivity index (χ2v) is 9.38. The molecule has 0 aromatic carbocycles. The number of carboxylic acids is 1. The molecule has 1 atom stereocenters. The van der Waals surface area contributed by atoms with Crippen molar-refractivity contribution in [3.63, 3.8) is 0 Å². The van der Waals surface area contributed by atoms with E-state index < -0.39 is 16.0 Å². The van der Waals surface area contributed by atoms with Gasteiger partial charge in [-0.1, -0.05) is 13.8 Å². The number of carbonyl (C=O) groups is 1. The lowest BCUT2D eigenvalue weighted by atomic mass is 9.85. The highest BCUT2D eigenvalue weighted by atomic mass is 32.2. The molecule has 1 heterocycles. The maximum Gasteiger partial charge on any atom is 0.303 e. The average molecular weight is 317 g/mol. The topological polar surface area (TPSA) is 74.7 Å². The summed E-state index contributed by atoms with van der Waals surface area (Å²) in [6, 6.07) is 0. The van der Waals surface area contributed by atoms with E-state index >= 15 is 0 Å². The number of aliphatic carboxylic acids is 1. The van der Waals surface area contributed by atoms with E-state index in [2.05, 4.69) is 13.8 Å². The molecule has 0 aromatic rings. The van der Waals surface area contributed by atoms with E-state index in [1.54, 1.807) is 0 Å². The smallest absolute Gasteiger partial charge is 0.303 e. The molecule has 1 N–H and O–H groups in total. The van der Waals surface area contributed by atoms with E-state index in [0.717, 1.165) is 12.8 Å². The Bertz CT molecular complexity index is 482. The monoisotopic (exact) mass is 317 g/mol. The Morgan fingerprint density at radius 2 is 1.95 bits per heavy atom. The highest BCUT2D eigenvalue weighted by molar-refractivity contribution is 7.89. The number of hydrogen-bond acceptors (Lipinski definition) is 3. The summed E-state index contributed by atoms with van der Waals surface area (Å²) >= 11 is 0. The first-order chi connectivity index (χ1) is 9.71. The molecule has 1 unspecified atom stereocenters.